The zero-order valence-corrected chi connectivity index (χ0v) is 19.2. The number of nitrogens with zero attached hydrogens (tertiary/aromatic N) is 3. The molecule has 9 nitrogen and oxygen atoms in total. The molecule has 3 aliphatic carbocycles. The number of carbonyl (C=O) groups excluding carboxylic acids is 2. The number of ether oxygens (including phenoxy) is 1. The van der Waals surface area contributed by atoms with Crippen LogP contribution in [0.3, 0.4) is 0 Å². The second kappa shape index (κ2) is 8.01. The van der Waals surface area contributed by atoms with Gasteiger partial charge in [0.05, 0.1) is 29.6 Å². The molecule has 0 spiro atoms. The van der Waals surface area contributed by atoms with Gasteiger partial charge in [-0.3, -0.25) is 19.7 Å². The molecular weight excluding hydrogens is 462 g/mol. The first-order chi connectivity index (χ1) is 17.4. The van der Waals surface area contributed by atoms with Crippen molar-refractivity contribution in [2.24, 2.45) is 16.9 Å². The number of aromatic hydroxyl groups is 1. The third kappa shape index (κ3) is 2.98. The Morgan fingerprint density at radius 2 is 1.47 bits per heavy atom. The summed E-state index contributed by atoms with van der Waals surface area (Å²) in [4.78, 5) is 37.8. The van der Waals surface area contributed by atoms with E-state index in [1.165, 1.54) is 12.3 Å². The summed E-state index contributed by atoms with van der Waals surface area (Å²) in [5.74, 6) is -3.09. The molecule has 1 fully saturated rings. The molecule has 9 heteroatoms. The van der Waals surface area contributed by atoms with E-state index in [-0.39, 0.29) is 29.8 Å². The summed E-state index contributed by atoms with van der Waals surface area (Å²) in [6.07, 6.45) is 1.21. The van der Waals surface area contributed by atoms with Crippen molar-refractivity contribution in [2.45, 2.75) is 18.8 Å². The summed E-state index contributed by atoms with van der Waals surface area (Å²) in [5.41, 5.74) is 3.90. The third-order valence-corrected chi connectivity index (χ3v) is 7.32. The van der Waals surface area contributed by atoms with Crippen molar-refractivity contribution in [3.8, 4) is 11.5 Å². The number of hydrogen-bond donors (Lipinski definition) is 1. The topological polar surface area (TPSA) is 122 Å². The summed E-state index contributed by atoms with van der Waals surface area (Å²) in [6.45, 7) is 1.86. The number of hydrogen-bond acceptors (Lipinski definition) is 7. The van der Waals surface area contributed by atoms with E-state index in [9.17, 15) is 24.8 Å². The van der Waals surface area contributed by atoms with Crippen molar-refractivity contribution in [3.05, 3.63) is 98.6 Å². The van der Waals surface area contributed by atoms with Crippen LogP contribution in [-0.4, -0.2) is 39.7 Å². The molecule has 7 rings (SSSR count). The van der Waals surface area contributed by atoms with Gasteiger partial charge in [0.1, 0.15) is 0 Å². The van der Waals surface area contributed by atoms with E-state index in [1.54, 1.807) is 6.92 Å². The normalized spacial score (nSPS) is 23.5. The van der Waals surface area contributed by atoms with E-state index in [0.29, 0.717) is 0 Å². The van der Waals surface area contributed by atoms with Gasteiger partial charge in [0.25, 0.3) is 11.8 Å². The Morgan fingerprint density at radius 3 is 1.92 bits per heavy atom. The number of benzene rings is 3. The molecular formula is C27H21N3O6. The lowest BCUT2D eigenvalue weighted by molar-refractivity contribution is -0.386. The quantitative estimate of drug-likeness (QED) is 0.254. The van der Waals surface area contributed by atoms with Gasteiger partial charge >= 0.3 is 5.69 Å². The van der Waals surface area contributed by atoms with E-state index in [2.05, 4.69) is 5.10 Å². The first kappa shape index (κ1) is 22.0. The molecule has 3 aromatic carbocycles. The van der Waals surface area contributed by atoms with Crippen LogP contribution in [0.1, 0.15) is 46.6 Å². The number of nitro groups is 1. The van der Waals surface area contributed by atoms with E-state index in [1.807, 2.05) is 48.5 Å². The highest BCUT2D eigenvalue weighted by molar-refractivity contribution is 6.08. The minimum atomic E-state index is -0.734. The molecule has 1 saturated heterocycles. The smallest absolute Gasteiger partial charge is 0.315 e. The molecule has 1 N–H and O–H groups in total. The van der Waals surface area contributed by atoms with Crippen LogP contribution in [-0.2, 0) is 9.59 Å². The Bertz CT molecular complexity index is 1370. The molecule has 2 amide bonds. The van der Waals surface area contributed by atoms with Gasteiger partial charge in [-0.15, -0.1) is 0 Å². The fraction of sp³-hybridized carbons (Fsp3) is 0.222. The highest BCUT2D eigenvalue weighted by Crippen LogP contribution is 2.61. The predicted octanol–water partition coefficient (Wildman–Crippen LogP) is 3.93. The maximum Gasteiger partial charge on any atom is 0.315 e. The Morgan fingerprint density at radius 1 is 0.972 bits per heavy atom. The zero-order chi connectivity index (χ0) is 25.1. The molecule has 3 aromatic rings. The monoisotopic (exact) mass is 483 g/mol. The van der Waals surface area contributed by atoms with E-state index in [4.69, 9.17) is 4.74 Å². The van der Waals surface area contributed by atoms with Crippen molar-refractivity contribution in [1.29, 1.82) is 0 Å². The fourth-order valence-electron chi connectivity index (χ4n) is 5.99. The maximum atomic E-state index is 13.6. The van der Waals surface area contributed by atoms with Gasteiger partial charge in [0.2, 0.25) is 5.75 Å². The Hall–Kier alpha value is -4.53. The Balaban J connectivity index is 1.40. The van der Waals surface area contributed by atoms with Gasteiger partial charge in [-0.05, 0) is 35.2 Å². The average Bonchev–Trinajstić information content (AvgIpc) is 3.14. The molecule has 0 unspecified atom stereocenters. The highest BCUT2D eigenvalue weighted by Gasteiger charge is 2.61. The van der Waals surface area contributed by atoms with Crippen LogP contribution < -0.4 is 4.74 Å². The minimum absolute atomic E-state index is 0.0789. The molecule has 36 heavy (non-hydrogen) atoms. The van der Waals surface area contributed by atoms with Crippen LogP contribution >= 0.6 is 0 Å². The lowest BCUT2D eigenvalue weighted by Gasteiger charge is -2.45. The molecule has 0 radical (unpaired) electrons. The summed E-state index contributed by atoms with van der Waals surface area (Å²) in [6, 6.07) is 18.4. The summed E-state index contributed by atoms with van der Waals surface area (Å²) >= 11 is 0. The zero-order valence-electron chi connectivity index (χ0n) is 19.2. The van der Waals surface area contributed by atoms with E-state index >= 15 is 0 Å². The lowest BCUT2D eigenvalue weighted by atomic mass is 9.55. The summed E-state index contributed by atoms with van der Waals surface area (Å²) in [7, 11) is 0. The molecule has 0 saturated carbocycles. The van der Waals surface area contributed by atoms with E-state index in [0.717, 1.165) is 33.3 Å². The maximum absolute atomic E-state index is 13.6. The number of imide groups is 1. The van der Waals surface area contributed by atoms with Gasteiger partial charge in [0, 0.05) is 23.5 Å². The van der Waals surface area contributed by atoms with Crippen molar-refractivity contribution in [1.82, 2.24) is 5.01 Å². The molecule has 1 heterocycles. The fourth-order valence-corrected chi connectivity index (χ4v) is 5.99. The third-order valence-electron chi connectivity index (χ3n) is 7.32. The molecule has 4 aliphatic rings. The van der Waals surface area contributed by atoms with Gasteiger partial charge in [-0.2, -0.15) is 10.1 Å². The van der Waals surface area contributed by atoms with Gasteiger partial charge in [-0.1, -0.05) is 48.5 Å². The first-order valence-corrected chi connectivity index (χ1v) is 11.7. The van der Waals surface area contributed by atoms with Crippen LogP contribution in [0.2, 0.25) is 0 Å². The van der Waals surface area contributed by atoms with Crippen LogP contribution in [0.5, 0.6) is 11.5 Å². The standard InChI is InChI=1S/C27H21N3O6/c1-2-36-20-12-14(11-19(25(20)31)30(34)35)13-28-29-26(32)23-21-15-7-3-4-8-16(15)22(24(23)27(29)33)18-10-6-5-9-17(18)21/h3-13,21-24,31H,2H2,1H3/b28-13-/t21?,22?,23-,24-/m1/s1. The van der Waals surface area contributed by atoms with Crippen molar-refractivity contribution >= 4 is 23.7 Å². The SMILES string of the molecule is CCOc1cc(/C=N\N2C(=O)[C@@H]3C4c5ccccc5C(c5ccccc54)[C@H]3C2=O)cc([N+](=O)[O-])c1O. The molecule has 0 aromatic heterocycles. The number of hydrazone groups is 1. The number of amides is 2. The minimum Gasteiger partial charge on any atom is -0.500 e. The van der Waals surface area contributed by atoms with Crippen molar-refractivity contribution < 1.29 is 24.4 Å². The van der Waals surface area contributed by atoms with Crippen LogP contribution in [0.15, 0.2) is 65.8 Å². The van der Waals surface area contributed by atoms with Crippen LogP contribution in [0, 0.1) is 22.0 Å². The Kier molecular flexibility index (Phi) is 4.89. The number of phenols is 1. The van der Waals surface area contributed by atoms with E-state index < -0.39 is 40.0 Å². The van der Waals surface area contributed by atoms with Gasteiger partial charge in [-0.25, -0.2) is 0 Å². The second-order valence-electron chi connectivity index (χ2n) is 9.07. The number of phenolic OH excluding ortho intramolecular Hbond substituents is 1. The van der Waals surface area contributed by atoms with Crippen molar-refractivity contribution in [3.63, 3.8) is 0 Å². The first-order valence-electron chi connectivity index (χ1n) is 11.7. The largest absolute Gasteiger partial charge is 0.500 e. The molecule has 2 bridgehead atoms. The highest BCUT2D eigenvalue weighted by atomic mass is 16.6. The van der Waals surface area contributed by atoms with Gasteiger partial charge < -0.3 is 9.84 Å². The number of nitro benzene ring substituents is 1. The molecule has 1 aliphatic heterocycles. The molecule has 180 valence electrons. The Labute approximate surface area is 205 Å². The summed E-state index contributed by atoms with van der Waals surface area (Å²) in [5, 5.41) is 26.6. The average molecular weight is 483 g/mol. The van der Waals surface area contributed by atoms with Gasteiger partial charge in [0.15, 0.2) is 5.75 Å². The second-order valence-corrected chi connectivity index (χ2v) is 9.07. The van der Waals surface area contributed by atoms with Crippen LogP contribution in [0.25, 0.3) is 0 Å². The van der Waals surface area contributed by atoms with Crippen molar-refractivity contribution in [2.75, 3.05) is 6.61 Å². The van der Waals surface area contributed by atoms with Crippen LogP contribution in [0.4, 0.5) is 5.69 Å². The molecule has 2 atom stereocenters. The number of rotatable bonds is 5. The lowest BCUT2D eigenvalue weighted by Crippen LogP contribution is -2.41. The summed E-state index contributed by atoms with van der Waals surface area (Å²) < 4.78 is 5.30. The number of carbonyl (C=O) groups is 2. The predicted molar refractivity (Wildman–Crippen MR) is 129 cm³/mol.